The third-order valence-electron chi connectivity index (χ3n) is 3.55. The monoisotopic (exact) mass is 278 g/mol. The fraction of sp³-hybridized carbons (Fsp3) is 0.533. The van der Waals surface area contributed by atoms with Crippen LogP contribution in [0.25, 0.3) is 0 Å². The largest absolute Gasteiger partial charge is 0.491 e. The van der Waals surface area contributed by atoms with E-state index in [4.69, 9.17) is 21.6 Å². The number of rotatable bonds is 7. The molecule has 0 saturated heterocycles. The molecule has 0 aliphatic heterocycles. The van der Waals surface area contributed by atoms with Crippen molar-refractivity contribution in [3.05, 3.63) is 28.8 Å². The molecule has 1 aliphatic carbocycles. The third kappa shape index (κ3) is 3.62. The number of para-hydroxylation sites is 1. The molecule has 1 N–H and O–H groups in total. The van der Waals surface area contributed by atoms with Gasteiger partial charge < -0.3 is 10.1 Å². The van der Waals surface area contributed by atoms with Gasteiger partial charge >= 0.3 is 0 Å². The van der Waals surface area contributed by atoms with Crippen molar-refractivity contribution in [3.63, 3.8) is 0 Å². The number of nitriles is 1. The third-order valence-corrected chi connectivity index (χ3v) is 3.85. The summed E-state index contributed by atoms with van der Waals surface area (Å²) >= 11 is 6.22. The van der Waals surface area contributed by atoms with Crippen LogP contribution < -0.4 is 10.1 Å². The molecular formula is C15H19ClN2O. The lowest BCUT2D eigenvalue weighted by Gasteiger charge is -2.17. The van der Waals surface area contributed by atoms with Crippen LogP contribution in [0.1, 0.15) is 31.7 Å². The van der Waals surface area contributed by atoms with E-state index in [1.807, 2.05) is 18.2 Å². The van der Waals surface area contributed by atoms with Gasteiger partial charge in [-0.05, 0) is 25.5 Å². The van der Waals surface area contributed by atoms with E-state index in [2.05, 4.69) is 18.3 Å². The second-order valence-corrected chi connectivity index (χ2v) is 5.54. The van der Waals surface area contributed by atoms with Crippen LogP contribution in [0.5, 0.6) is 5.75 Å². The fourth-order valence-electron chi connectivity index (χ4n) is 2.06. The van der Waals surface area contributed by atoms with Crippen molar-refractivity contribution in [1.29, 1.82) is 5.26 Å². The minimum atomic E-state index is 0.0728. The quantitative estimate of drug-likeness (QED) is 0.830. The second-order valence-electron chi connectivity index (χ2n) is 5.13. The Morgan fingerprint density at radius 3 is 2.89 bits per heavy atom. The van der Waals surface area contributed by atoms with Crippen molar-refractivity contribution >= 4 is 11.6 Å². The molecule has 0 heterocycles. The number of hydrogen-bond donors (Lipinski definition) is 1. The van der Waals surface area contributed by atoms with Gasteiger partial charge in [0.05, 0.1) is 17.7 Å². The first kappa shape index (κ1) is 14.2. The highest BCUT2D eigenvalue weighted by Crippen LogP contribution is 2.49. The molecule has 0 radical (unpaired) electrons. The highest BCUT2D eigenvalue weighted by molar-refractivity contribution is 6.32. The first-order valence-corrected chi connectivity index (χ1v) is 7.06. The molecule has 1 fully saturated rings. The Morgan fingerprint density at radius 1 is 1.47 bits per heavy atom. The molecule has 0 spiro atoms. The van der Waals surface area contributed by atoms with Crippen molar-refractivity contribution in [2.75, 3.05) is 13.2 Å². The summed E-state index contributed by atoms with van der Waals surface area (Å²) in [4.78, 5) is 0. The maximum absolute atomic E-state index is 8.82. The zero-order valence-corrected chi connectivity index (χ0v) is 12.0. The first-order valence-electron chi connectivity index (χ1n) is 6.68. The standard InChI is InChI=1S/C15H19ClN2O/c1-2-18-10-12-4-3-5-13(16)14(12)19-11-15(6-7-15)8-9-17/h3-5,18H,2,6-8,10-11H2,1H3. The van der Waals surface area contributed by atoms with Crippen molar-refractivity contribution in [1.82, 2.24) is 5.32 Å². The van der Waals surface area contributed by atoms with Gasteiger partial charge in [0.2, 0.25) is 0 Å². The highest BCUT2D eigenvalue weighted by Gasteiger charge is 2.43. The lowest BCUT2D eigenvalue weighted by Crippen LogP contribution is -2.16. The summed E-state index contributed by atoms with van der Waals surface area (Å²) in [6, 6.07) is 8.04. The van der Waals surface area contributed by atoms with Gasteiger partial charge in [-0.2, -0.15) is 5.26 Å². The highest BCUT2D eigenvalue weighted by atomic mass is 35.5. The second kappa shape index (κ2) is 6.27. The van der Waals surface area contributed by atoms with E-state index in [9.17, 15) is 0 Å². The molecule has 0 aromatic heterocycles. The SMILES string of the molecule is CCNCc1cccc(Cl)c1OCC1(CC#N)CC1. The summed E-state index contributed by atoms with van der Waals surface area (Å²) in [6.45, 7) is 4.31. The maximum atomic E-state index is 8.82. The van der Waals surface area contributed by atoms with E-state index >= 15 is 0 Å². The van der Waals surface area contributed by atoms with E-state index in [1.54, 1.807) is 0 Å². The molecule has 4 heteroatoms. The van der Waals surface area contributed by atoms with Gasteiger partial charge in [0.15, 0.2) is 0 Å². The molecular weight excluding hydrogens is 260 g/mol. The van der Waals surface area contributed by atoms with Crippen LogP contribution in [0.4, 0.5) is 0 Å². The molecule has 1 aliphatic rings. The van der Waals surface area contributed by atoms with E-state index in [0.29, 0.717) is 18.1 Å². The van der Waals surface area contributed by atoms with Gasteiger partial charge in [-0.3, -0.25) is 0 Å². The van der Waals surface area contributed by atoms with Gasteiger partial charge in [-0.25, -0.2) is 0 Å². The van der Waals surface area contributed by atoms with Gasteiger partial charge in [0.1, 0.15) is 5.75 Å². The summed E-state index contributed by atoms with van der Waals surface area (Å²) in [7, 11) is 0. The van der Waals surface area contributed by atoms with E-state index in [-0.39, 0.29) is 5.41 Å². The van der Waals surface area contributed by atoms with Gasteiger partial charge in [-0.15, -0.1) is 0 Å². The Hall–Kier alpha value is -1.24. The molecule has 0 bridgehead atoms. The number of nitrogens with one attached hydrogen (secondary N) is 1. The Bertz CT molecular complexity index is 478. The van der Waals surface area contributed by atoms with E-state index in [0.717, 1.165) is 37.2 Å². The topological polar surface area (TPSA) is 45.0 Å². The summed E-state index contributed by atoms with van der Waals surface area (Å²) in [5, 5.41) is 12.7. The Labute approximate surface area is 119 Å². The fourth-order valence-corrected chi connectivity index (χ4v) is 2.30. The van der Waals surface area contributed by atoms with Crippen LogP contribution in [0.3, 0.4) is 0 Å². The number of benzene rings is 1. The molecule has 2 rings (SSSR count). The average molecular weight is 279 g/mol. The van der Waals surface area contributed by atoms with Crippen LogP contribution in [0.15, 0.2) is 18.2 Å². The average Bonchev–Trinajstić information content (AvgIpc) is 3.16. The zero-order valence-electron chi connectivity index (χ0n) is 11.2. The van der Waals surface area contributed by atoms with Crippen molar-refractivity contribution < 1.29 is 4.74 Å². The molecule has 1 aromatic rings. The first-order chi connectivity index (χ1) is 9.21. The molecule has 102 valence electrons. The Balaban J connectivity index is 2.04. The smallest absolute Gasteiger partial charge is 0.142 e. The normalized spacial score (nSPS) is 15.8. The van der Waals surface area contributed by atoms with Gasteiger partial charge in [0.25, 0.3) is 0 Å². The predicted octanol–water partition coefficient (Wildman–Crippen LogP) is 3.52. The lowest BCUT2D eigenvalue weighted by molar-refractivity contribution is 0.234. The maximum Gasteiger partial charge on any atom is 0.142 e. The Morgan fingerprint density at radius 2 is 2.26 bits per heavy atom. The Kier molecular flexibility index (Phi) is 4.68. The molecule has 0 amide bonds. The summed E-state index contributed by atoms with van der Waals surface area (Å²) in [5.41, 5.74) is 1.14. The van der Waals surface area contributed by atoms with Crippen molar-refractivity contribution in [2.45, 2.75) is 32.7 Å². The van der Waals surface area contributed by atoms with Gasteiger partial charge in [0, 0.05) is 23.9 Å². The molecule has 19 heavy (non-hydrogen) atoms. The van der Waals surface area contributed by atoms with E-state index < -0.39 is 0 Å². The van der Waals surface area contributed by atoms with Crippen molar-refractivity contribution in [3.8, 4) is 11.8 Å². The van der Waals surface area contributed by atoms with Crippen LogP contribution in [-0.2, 0) is 6.54 Å². The summed E-state index contributed by atoms with van der Waals surface area (Å²) in [5.74, 6) is 0.759. The number of halogens is 1. The van der Waals surface area contributed by atoms with Crippen LogP contribution in [0, 0.1) is 16.7 Å². The minimum Gasteiger partial charge on any atom is -0.491 e. The zero-order chi connectivity index (χ0) is 13.7. The summed E-state index contributed by atoms with van der Waals surface area (Å²) < 4.78 is 5.92. The molecule has 0 unspecified atom stereocenters. The molecule has 1 saturated carbocycles. The van der Waals surface area contributed by atoms with Crippen LogP contribution in [0.2, 0.25) is 5.02 Å². The lowest BCUT2D eigenvalue weighted by atomic mass is 10.1. The van der Waals surface area contributed by atoms with Crippen LogP contribution in [-0.4, -0.2) is 13.2 Å². The molecule has 0 atom stereocenters. The van der Waals surface area contributed by atoms with Crippen molar-refractivity contribution in [2.24, 2.45) is 5.41 Å². The number of hydrogen-bond acceptors (Lipinski definition) is 3. The minimum absolute atomic E-state index is 0.0728. The number of ether oxygens (including phenoxy) is 1. The van der Waals surface area contributed by atoms with Gasteiger partial charge in [-0.1, -0.05) is 30.7 Å². The number of nitrogens with zero attached hydrogens (tertiary/aromatic N) is 1. The predicted molar refractivity (Wildman–Crippen MR) is 76.2 cm³/mol. The summed E-state index contributed by atoms with van der Waals surface area (Å²) in [6.07, 6.45) is 2.72. The van der Waals surface area contributed by atoms with Crippen LogP contribution >= 0.6 is 11.6 Å². The van der Waals surface area contributed by atoms with E-state index in [1.165, 1.54) is 0 Å². The molecule has 3 nitrogen and oxygen atoms in total. The molecule has 1 aromatic carbocycles.